The molecule has 0 aliphatic carbocycles. The van der Waals surface area contributed by atoms with E-state index in [0.717, 1.165) is 5.75 Å². The minimum absolute atomic E-state index is 0.183. The first-order valence-electron chi connectivity index (χ1n) is 5.16. The van der Waals surface area contributed by atoms with Gasteiger partial charge in [-0.2, -0.15) is 0 Å². The van der Waals surface area contributed by atoms with E-state index in [2.05, 4.69) is 4.99 Å². The van der Waals surface area contributed by atoms with Crippen LogP contribution in [-0.4, -0.2) is 13.4 Å². The van der Waals surface area contributed by atoms with Crippen LogP contribution >= 0.6 is 11.6 Å². The normalized spacial score (nSPS) is 11.3. The van der Waals surface area contributed by atoms with Gasteiger partial charge >= 0.3 is 0 Å². The average Bonchev–Trinajstić information content (AvgIpc) is 2.40. The summed E-state index contributed by atoms with van der Waals surface area (Å²) in [5.41, 5.74) is 1.06. The molecule has 1 heterocycles. The van der Waals surface area contributed by atoms with Gasteiger partial charge < -0.3 is 9.15 Å². The Bertz CT molecular complexity index is 617. The summed E-state index contributed by atoms with van der Waals surface area (Å²) in [6.07, 6.45) is 2.01. The molecule has 1 aromatic carbocycles. The maximum absolute atomic E-state index is 10.9. The fourth-order valence-electron chi connectivity index (χ4n) is 1.38. The number of carbonyl (C=O) groups is 1. The number of ether oxygens (including phenoxy) is 1. The summed E-state index contributed by atoms with van der Waals surface area (Å²) in [4.78, 5) is 15.1. The smallest absolute Gasteiger partial charge is 0.231 e. The second-order valence-corrected chi connectivity index (χ2v) is 3.82. The molecule has 18 heavy (non-hydrogen) atoms. The molecule has 0 fully saturated rings. The summed E-state index contributed by atoms with van der Waals surface area (Å²) in [5.74, 6) is 0.729. The van der Waals surface area contributed by atoms with E-state index < -0.39 is 0 Å². The van der Waals surface area contributed by atoms with Gasteiger partial charge in [0, 0.05) is 0 Å². The van der Waals surface area contributed by atoms with Crippen molar-refractivity contribution in [3.8, 4) is 5.75 Å². The highest BCUT2D eigenvalue weighted by atomic mass is 35.5. The summed E-state index contributed by atoms with van der Waals surface area (Å²) >= 11 is 5.87. The van der Waals surface area contributed by atoms with Crippen molar-refractivity contribution < 1.29 is 13.9 Å². The van der Waals surface area contributed by atoms with Gasteiger partial charge in [0.05, 0.1) is 29.6 Å². The first-order chi connectivity index (χ1) is 8.74. The van der Waals surface area contributed by atoms with Crippen molar-refractivity contribution in [3.63, 3.8) is 0 Å². The van der Waals surface area contributed by atoms with Gasteiger partial charge in [0.1, 0.15) is 5.75 Å². The van der Waals surface area contributed by atoms with Gasteiger partial charge in [0.2, 0.25) is 5.55 Å². The molecule has 1 aromatic heterocycles. The van der Waals surface area contributed by atoms with Crippen molar-refractivity contribution in [2.24, 2.45) is 4.99 Å². The summed E-state index contributed by atoms with van der Waals surface area (Å²) in [7, 11) is 1.59. The summed E-state index contributed by atoms with van der Waals surface area (Å²) in [5, 5.41) is 0.309. The fraction of sp³-hybridized carbons (Fsp3) is 0.0769. The van der Waals surface area contributed by atoms with Crippen molar-refractivity contribution in [2.75, 3.05) is 7.11 Å². The molecule has 92 valence electrons. The third-order valence-electron chi connectivity index (χ3n) is 2.30. The van der Waals surface area contributed by atoms with Crippen molar-refractivity contribution in [3.05, 3.63) is 52.7 Å². The van der Waals surface area contributed by atoms with E-state index in [1.165, 1.54) is 12.3 Å². The Morgan fingerprint density at radius 2 is 2.00 bits per heavy atom. The van der Waals surface area contributed by atoms with E-state index >= 15 is 0 Å². The molecule has 0 unspecified atom stereocenters. The summed E-state index contributed by atoms with van der Waals surface area (Å²) in [6.45, 7) is 0. The molecule has 0 bridgehead atoms. The van der Waals surface area contributed by atoms with Crippen LogP contribution in [0.5, 0.6) is 5.75 Å². The number of carbonyl (C=O) groups excluding carboxylic acids is 1. The lowest BCUT2D eigenvalue weighted by Gasteiger charge is -1.99. The molecule has 0 aliphatic heterocycles. The van der Waals surface area contributed by atoms with Gasteiger partial charge in [0.25, 0.3) is 0 Å². The van der Waals surface area contributed by atoms with Gasteiger partial charge in [-0.25, -0.2) is 4.99 Å². The lowest BCUT2D eigenvalue weighted by Crippen LogP contribution is -2.08. The number of halogens is 1. The second-order valence-electron chi connectivity index (χ2n) is 3.42. The first kappa shape index (κ1) is 12.4. The predicted molar refractivity (Wildman–Crippen MR) is 67.3 cm³/mol. The highest BCUT2D eigenvalue weighted by molar-refractivity contribution is 6.32. The Balaban J connectivity index is 2.49. The van der Waals surface area contributed by atoms with Crippen LogP contribution in [0.4, 0.5) is 5.69 Å². The Morgan fingerprint density at radius 1 is 1.28 bits per heavy atom. The Labute approximate surface area is 108 Å². The zero-order valence-electron chi connectivity index (χ0n) is 9.59. The zero-order chi connectivity index (χ0) is 13.0. The maximum atomic E-state index is 10.9. The maximum Gasteiger partial charge on any atom is 0.231 e. The van der Waals surface area contributed by atoms with Gasteiger partial charge in [0.15, 0.2) is 6.29 Å². The van der Waals surface area contributed by atoms with Crippen LogP contribution in [0, 0.1) is 0 Å². The molecule has 0 spiro atoms. The van der Waals surface area contributed by atoms with E-state index in [9.17, 15) is 4.79 Å². The summed E-state index contributed by atoms with van der Waals surface area (Å²) in [6, 6.07) is 8.54. The molecule has 4 nitrogen and oxygen atoms in total. The Kier molecular flexibility index (Phi) is 3.79. The first-order valence-corrected chi connectivity index (χ1v) is 5.53. The standard InChI is InChI=1S/C13H10ClNO3/c1-17-10-4-2-9(3-5-10)15-13-11(8-16)12(14)6-7-18-13/h2-8H,1H3. The van der Waals surface area contributed by atoms with Gasteiger partial charge in [-0.05, 0) is 30.3 Å². The largest absolute Gasteiger partial charge is 0.497 e. The third-order valence-corrected chi connectivity index (χ3v) is 2.63. The fourth-order valence-corrected chi connectivity index (χ4v) is 1.56. The number of aldehydes is 1. The van der Waals surface area contributed by atoms with Crippen LogP contribution in [0.15, 0.2) is 46.0 Å². The van der Waals surface area contributed by atoms with E-state index in [4.69, 9.17) is 20.8 Å². The molecule has 0 saturated heterocycles. The minimum Gasteiger partial charge on any atom is -0.497 e. The lowest BCUT2D eigenvalue weighted by molar-refractivity contribution is 0.111. The van der Waals surface area contributed by atoms with Crippen molar-refractivity contribution in [1.29, 1.82) is 0 Å². The molecule has 2 aromatic rings. The average molecular weight is 264 g/mol. The van der Waals surface area contributed by atoms with Crippen LogP contribution < -0.4 is 10.3 Å². The number of hydrogen-bond donors (Lipinski definition) is 0. The summed E-state index contributed by atoms with van der Waals surface area (Å²) < 4.78 is 10.2. The Morgan fingerprint density at radius 3 is 2.61 bits per heavy atom. The molecule has 0 atom stereocenters. The van der Waals surface area contributed by atoms with Crippen LogP contribution in [0.25, 0.3) is 0 Å². The Hall–Kier alpha value is -2.07. The van der Waals surface area contributed by atoms with Crippen LogP contribution in [0.1, 0.15) is 10.4 Å². The van der Waals surface area contributed by atoms with E-state index in [1.807, 2.05) is 0 Å². The number of hydrogen-bond acceptors (Lipinski definition) is 4. The molecule has 2 rings (SSSR count). The minimum atomic E-state index is 0.183. The van der Waals surface area contributed by atoms with Gasteiger partial charge in [-0.3, -0.25) is 4.79 Å². The van der Waals surface area contributed by atoms with Crippen LogP contribution in [-0.2, 0) is 0 Å². The highest BCUT2D eigenvalue weighted by Gasteiger charge is 2.03. The monoisotopic (exact) mass is 263 g/mol. The van der Waals surface area contributed by atoms with E-state index in [1.54, 1.807) is 31.4 Å². The quantitative estimate of drug-likeness (QED) is 0.800. The third kappa shape index (κ3) is 2.60. The van der Waals surface area contributed by atoms with Gasteiger partial charge in [-0.15, -0.1) is 0 Å². The lowest BCUT2D eigenvalue weighted by atomic mass is 10.3. The van der Waals surface area contributed by atoms with Crippen LogP contribution in [0.3, 0.4) is 0 Å². The number of benzene rings is 1. The zero-order valence-corrected chi connectivity index (χ0v) is 10.3. The molecule has 0 N–H and O–H groups in total. The molecular formula is C13H10ClNO3. The second kappa shape index (κ2) is 5.51. The topological polar surface area (TPSA) is 51.8 Å². The van der Waals surface area contributed by atoms with Crippen molar-refractivity contribution in [2.45, 2.75) is 0 Å². The van der Waals surface area contributed by atoms with Gasteiger partial charge in [-0.1, -0.05) is 11.6 Å². The highest BCUT2D eigenvalue weighted by Crippen LogP contribution is 2.17. The number of rotatable bonds is 3. The van der Waals surface area contributed by atoms with Crippen LogP contribution in [0.2, 0.25) is 5.02 Å². The van der Waals surface area contributed by atoms with E-state index in [0.29, 0.717) is 17.0 Å². The molecular weight excluding hydrogens is 254 g/mol. The van der Waals surface area contributed by atoms with Crippen molar-refractivity contribution in [1.82, 2.24) is 0 Å². The SMILES string of the molecule is COc1ccc(N=c2occc(Cl)c2C=O)cc1. The predicted octanol–water partition coefficient (Wildman–Crippen LogP) is 2.99. The van der Waals surface area contributed by atoms with E-state index in [-0.39, 0.29) is 11.1 Å². The number of nitrogens with zero attached hydrogens (tertiary/aromatic N) is 1. The molecule has 0 aliphatic rings. The van der Waals surface area contributed by atoms with Crippen molar-refractivity contribution >= 4 is 23.6 Å². The molecule has 5 heteroatoms. The number of methoxy groups -OCH3 is 1. The molecule has 0 amide bonds. The molecule has 0 radical (unpaired) electrons. The molecule has 0 saturated carbocycles.